The minimum absolute atomic E-state index is 0.0124. The van der Waals surface area contributed by atoms with Gasteiger partial charge >= 0.3 is 0 Å². The van der Waals surface area contributed by atoms with Gasteiger partial charge in [0.25, 0.3) is 5.69 Å². The molecule has 0 aliphatic carbocycles. The molecule has 0 unspecified atom stereocenters. The SMILES string of the molecule is O=[N+]([O-])c1ccc(-c2nnn(C(c3ccccc3)(c3ccccc3)c3ccccc3)n2)cc1. The molecule has 7 nitrogen and oxygen atoms in total. The number of rotatable bonds is 6. The van der Waals surface area contributed by atoms with Crippen molar-refractivity contribution in [2.45, 2.75) is 5.54 Å². The molecule has 1 aromatic heterocycles. The molecule has 0 aliphatic rings. The number of benzene rings is 4. The molecule has 0 N–H and O–H groups in total. The van der Waals surface area contributed by atoms with Crippen molar-refractivity contribution >= 4 is 5.69 Å². The van der Waals surface area contributed by atoms with Gasteiger partial charge in [0.2, 0.25) is 5.82 Å². The summed E-state index contributed by atoms with van der Waals surface area (Å²) >= 11 is 0. The molecule has 0 radical (unpaired) electrons. The maximum absolute atomic E-state index is 11.0. The Morgan fingerprint density at radius 1 is 0.667 bits per heavy atom. The molecule has 5 rings (SSSR count). The monoisotopic (exact) mass is 433 g/mol. The first-order valence-corrected chi connectivity index (χ1v) is 10.4. The van der Waals surface area contributed by atoms with Crippen LogP contribution in [0.5, 0.6) is 0 Å². The largest absolute Gasteiger partial charge is 0.269 e. The second-order valence-corrected chi connectivity index (χ2v) is 7.51. The van der Waals surface area contributed by atoms with Gasteiger partial charge in [0, 0.05) is 17.7 Å². The highest BCUT2D eigenvalue weighted by molar-refractivity contribution is 5.57. The molecular formula is C26H19N5O2. The van der Waals surface area contributed by atoms with Crippen molar-refractivity contribution in [3.05, 3.63) is 142 Å². The van der Waals surface area contributed by atoms with E-state index in [4.69, 9.17) is 5.10 Å². The predicted octanol–water partition coefficient (Wildman–Crippen LogP) is 5.09. The molecule has 5 aromatic rings. The van der Waals surface area contributed by atoms with Crippen molar-refractivity contribution in [3.63, 3.8) is 0 Å². The van der Waals surface area contributed by atoms with Crippen LogP contribution in [-0.4, -0.2) is 25.1 Å². The van der Waals surface area contributed by atoms with Gasteiger partial charge in [0.05, 0.1) is 4.92 Å². The fraction of sp³-hybridized carbons (Fsp3) is 0.0385. The summed E-state index contributed by atoms with van der Waals surface area (Å²) in [6, 6.07) is 36.3. The lowest BCUT2D eigenvalue weighted by atomic mass is 9.77. The molecule has 0 atom stereocenters. The smallest absolute Gasteiger partial charge is 0.258 e. The van der Waals surface area contributed by atoms with Gasteiger partial charge in [-0.2, -0.15) is 0 Å². The normalized spacial score (nSPS) is 11.3. The number of nitro benzene ring substituents is 1. The molecule has 0 bridgehead atoms. The van der Waals surface area contributed by atoms with Crippen LogP contribution in [-0.2, 0) is 5.54 Å². The second-order valence-electron chi connectivity index (χ2n) is 7.51. The van der Waals surface area contributed by atoms with E-state index in [-0.39, 0.29) is 5.69 Å². The third-order valence-electron chi connectivity index (χ3n) is 5.62. The topological polar surface area (TPSA) is 86.7 Å². The molecule has 0 fully saturated rings. The fourth-order valence-corrected chi connectivity index (χ4v) is 4.09. The molecule has 160 valence electrons. The van der Waals surface area contributed by atoms with E-state index in [2.05, 4.69) is 46.7 Å². The maximum atomic E-state index is 11.0. The Morgan fingerprint density at radius 3 is 1.55 bits per heavy atom. The molecule has 1 heterocycles. The van der Waals surface area contributed by atoms with Crippen LogP contribution in [0.25, 0.3) is 11.4 Å². The third kappa shape index (κ3) is 3.55. The van der Waals surface area contributed by atoms with E-state index in [1.807, 2.05) is 54.6 Å². The van der Waals surface area contributed by atoms with Crippen molar-refractivity contribution < 1.29 is 4.92 Å². The lowest BCUT2D eigenvalue weighted by Gasteiger charge is -2.34. The molecule has 7 heteroatoms. The van der Waals surface area contributed by atoms with E-state index >= 15 is 0 Å². The van der Waals surface area contributed by atoms with E-state index < -0.39 is 10.5 Å². The number of hydrogen-bond acceptors (Lipinski definition) is 5. The van der Waals surface area contributed by atoms with Gasteiger partial charge in [-0.05, 0) is 34.0 Å². The number of aromatic nitrogens is 4. The highest BCUT2D eigenvalue weighted by Crippen LogP contribution is 2.39. The van der Waals surface area contributed by atoms with Crippen molar-refractivity contribution in [1.29, 1.82) is 0 Å². The molecule has 0 aliphatic heterocycles. The van der Waals surface area contributed by atoms with Crippen LogP contribution in [0.3, 0.4) is 0 Å². The summed E-state index contributed by atoms with van der Waals surface area (Å²) in [5.74, 6) is 0.386. The maximum Gasteiger partial charge on any atom is 0.269 e. The summed E-state index contributed by atoms with van der Waals surface area (Å²) in [7, 11) is 0. The molecule has 4 aromatic carbocycles. The number of hydrogen-bond donors (Lipinski definition) is 0. The zero-order valence-electron chi connectivity index (χ0n) is 17.5. The summed E-state index contributed by atoms with van der Waals surface area (Å²) in [6.45, 7) is 0. The summed E-state index contributed by atoms with van der Waals surface area (Å²) < 4.78 is 0. The van der Waals surface area contributed by atoms with Crippen molar-refractivity contribution in [2.75, 3.05) is 0 Å². The Bertz CT molecular complexity index is 1270. The van der Waals surface area contributed by atoms with E-state index in [0.717, 1.165) is 16.7 Å². The Kier molecular flexibility index (Phi) is 5.20. The van der Waals surface area contributed by atoms with Gasteiger partial charge in [0.1, 0.15) is 0 Å². The van der Waals surface area contributed by atoms with Gasteiger partial charge in [-0.25, -0.2) is 0 Å². The number of nitrogens with zero attached hydrogens (tertiary/aromatic N) is 5. The summed E-state index contributed by atoms with van der Waals surface area (Å²) in [5.41, 5.74) is 2.74. The minimum atomic E-state index is -0.865. The van der Waals surface area contributed by atoms with E-state index in [1.165, 1.54) is 12.1 Å². The van der Waals surface area contributed by atoms with E-state index in [0.29, 0.717) is 11.4 Å². The van der Waals surface area contributed by atoms with Crippen LogP contribution < -0.4 is 0 Å². The number of tetrazole rings is 1. The van der Waals surface area contributed by atoms with Gasteiger partial charge in [-0.15, -0.1) is 15.0 Å². The Labute approximate surface area is 190 Å². The Balaban J connectivity index is 1.75. The number of nitro groups is 1. The molecular weight excluding hydrogens is 414 g/mol. The first-order valence-electron chi connectivity index (χ1n) is 10.4. The molecule has 33 heavy (non-hydrogen) atoms. The zero-order valence-corrected chi connectivity index (χ0v) is 17.5. The first-order chi connectivity index (χ1) is 16.2. The quantitative estimate of drug-likeness (QED) is 0.212. The minimum Gasteiger partial charge on any atom is -0.258 e. The van der Waals surface area contributed by atoms with Gasteiger partial charge in [-0.3, -0.25) is 10.1 Å². The van der Waals surface area contributed by atoms with Crippen LogP contribution in [0.2, 0.25) is 0 Å². The van der Waals surface area contributed by atoms with Crippen LogP contribution in [0.15, 0.2) is 115 Å². The Morgan fingerprint density at radius 2 is 1.12 bits per heavy atom. The highest BCUT2D eigenvalue weighted by atomic mass is 16.6. The third-order valence-corrected chi connectivity index (χ3v) is 5.62. The molecule has 0 amide bonds. The average molecular weight is 433 g/mol. The molecule has 0 spiro atoms. The summed E-state index contributed by atoms with van der Waals surface area (Å²) in [5, 5.41) is 24.6. The van der Waals surface area contributed by atoms with Crippen LogP contribution in [0.1, 0.15) is 16.7 Å². The molecule has 0 saturated heterocycles. The zero-order chi connectivity index (χ0) is 22.7. The van der Waals surface area contributed by atoms with Crippen LogP contribution >= 0.6 is 0 Å². The van der Waals surface area contributed by atoms with Gasteiger partial charge in [0.15, 0.2) is 5.54 Å². The summed E-state index contributed by atoms with van der Waals surface area (Å²) in [4.78, 5) is 12.2. The lowest BCUT2D eigenvalue weighted by Crippen LogP contribution is -2.39. The van der Waals surface area contributed by atoms with Crippen LogP contribution in [0.4, 0.5) is 5.69 Å². The van der Waals surface area contributed by atoms with Crippen molar-refractivity contribution in [3.8, 4) is 11.4 Å². The predicted molar refractivity (Wildman–Crippen MR) is 125 cm³/mol. The molecule has 0 saturated carbocycles. The number of non-ortho nitro benzene ring substituents is 1. The van der Waals surface area contributed by atoms with E-state index in [1.54, 1.807) is 16.9 Å². The first kappa shape index (κ1) is 20.3. The lowest BCUT2D eigenvalue weighted by molar-refractivity contribution is -0.384. The second kappa shape index (κ2) is 8.47. The fourth-order valence-electron chi connectivity index (χ4n) is 4.09. The Hall–Kier alpha value is -4.65. The van der Waals surface area contributed by atoms with Crippen molar-refractivity contribution in [2.24, 2.45) is 0 Å². The van der Waals surface area contributed by atoms with E-state index in [9.17, 15) is 10.1 Å². The highest BCUT2D eigenvalue weighted by Gasteiger charge is 2.41. The van der Waals surface area contributed by atoms with Gasteiger partial charge < -0.3 is 0 Å². The average Bonchev–Trinajstić information content (AvgIpc) is 3.37. The standard InChI is InChI=1S/C26H19N5O2/c32-30(33)24-18-16-20(17-19-24)25-27-29-31(28-25)26(21-10-4-1-5-11-21,22-12-6-2-7-13-22)23-14-8-3-9-15-23/h1-19H. The van der Waals surface area contributed by atoms with Crippen molar-refractivity contribution in [1.82, 2.24) is 20.2 Å². The van der Waals surface area contributed by atoms with Gasteiger partial charge in [-0.1, -0.05) is 91.0 Å². The summed E-state index contributed by atoms with van der Waals surface area (Å²) in [6.07, 6.45) is 0. The van der Waals surface area contributed by atoms with Crippen LogP contribution in [0, 0.1) is 10.1 Å².